The first-order chi connectivity index (χ1) is 14.7. The Morgan fingerprint density at radius 1 is 1.26 bits per heavy atom. The Bertz CT molecular complexity index is 1090. The van der Waals surface area contributed by atoms with Crippen LogP contribution >= 0.6 is 0 Å². The molecule has 0 saturated carbocycles. The summed E-state index contributed by atoms with van der Waals surface area (Å²) in [5.74, 6) is 1.25. The van der Waals surface area contributed by atoms with Crippen LogP contribution in [-0.4, -0.2) is 63.4 Å². The number of hydrogen-bond donors (Lipinski definition) is 1. The smallest absolute Gasteiger partial charge is 0.410 e. The number of nitrogens with zero attached hydrogens (tertiary/aromatic N) is 4. The van der Waals surface area contributed by atoms with E-state index in [0.29, 0.717) is 11.5 Å². The molecular weight excluding hydrogens is 401 g/mol. The standard InChI is InChI=1S/C22H26FN5O3/c1-22(2,3)31-21(29)27-12-15(23)17(13-27)26-19-7-5-6-16(25-19)18-11-24-20-10-14(30-4)8-9-28(18)20/h5-11,15,17H,12-13H2,1-4H3,(H,25,26)/t15-,17-/m0/s1. The number of ether oxygens (including phenoxy) is 2. The summed E-state index contributed by atoms with van der Waals surface area (Å²) in [5.41, 5.74) is 1.62. The molecule has 1 amide bonds. The number of anilines is 1. The lowest BCUT2D eigenvalue weighted by Gasteiger charge is -2.24. The normalized spacial score (nSPS) is 18.9. The first-order valence-electron chi connectivity index (χ1n) is 10.1. The summed E-state index contributed by atoms with van der Waals surface area (Å²) in [5, 5.41) is 3.12. The predicted molar refractivity (Wildman–Crippen MR) is 115 cm³/mol. The van der Waals surface area contributed by atoms with Gasteiger partial charge in [-0.15, -0.1) is 0 Å². The van der Waals surface area contributed by atoms with Crippen LogP contribution in [0.5, 0.6) is 5.75 Å². The van der Waals surface area contributed by atoms with E-state index in [0.717, 1.165) is 17.1 Å². The van der Waals surface area contributed by atoms with Gasteiger partial charge < -0.3 is 19.7 Å². The molecule has 4 rings (SSSR count). The molecule has 0 bridgehead atoms. The molecule has 2 atom stereocenters. The molecule has 1 saturated heterocycles. The molecule has 3 aromatic rings. The molecule has 8 nitrogen and oxygen atoms in total. The predicted octanol–water partition coefficient (Wildman–Crippen LogP) is 3.77. The molecule has 4 heterocycles. The van der Waals surface area contributed by atoms with E-state index < -0.39 is 23.9 Å². The number of likely N-dealkylation sites (tertiary alicyclic amines) is 1. The number of nitrogens with one attached hydrogen (secondary N) is 1. The second-order valence-electron chi connectivity index (χ2n) is 8.50. The Labute approximate surface area is 180 Å². The summed E-state index contributed by atoms with van der Waals surface area (Å²) >= 11 is 0. The van der Waals surface area contributed by atoms with Crippen molar-refractivity contribution in [3.8, 4) is 17.1 Å². The number of fused-ring (bicyclic) bond motifs is 1. The van der Waals surface area contributed by atoms with Gasteiger partial charge in [0.15, 0.2) is 0 Å². The lowest BCUT2D eigenvalue weighted by molar-refractivity contribution is 0.0283. The second kappa shape index (κ2) is 8.05. The van der Waals surface area contributed by atoms with Crippen molar-refractivity contribution in [2.45, 2.75) is 38.6 Å². The maximum absolute atomic E-state index is 14.6. The molecule has 9 heteroatoms. The summed E-state index contributed by atoms with van der Waals surface area (Å²) in [6.45, 7) is 5.55. The number of rotatable bonds is 4. The minimum Gasteiger partial charge on any atom is -0.497 e. The van der Waals surface area contributed by atoms with Crippen molar-refractivity contribution in [2.24, 2.45) is 0 Å². The molecule has 31 heavy (non-hydrogen) atoms. The van der Waals surface area contributed by atoms with Crippen LogP contribution in [0.1, 0.15) is 20.8 Å². The minimum absolute atomic E-state index is 0.0125. The van der Waals surface area contributed by atoms with Crippen molar-refractivity contribution in [3.05, 3.63) is 42.7 Å². The molecule has 164 valence electrons. The molecule has 0 aliphatic carbocycles. The molecule has 0 radical (unpaired) electrons. The first kappa shape index (κ1) is 20.9. The number of methoxy groups -OCH3 is 1. The first-order valence-corrected chi connectivity index (χ1v) is 10.1. The number of imidazole rings is 1. The van der Waals surface area contributed by atoms with Gasteiger partial charge in [-0.05, 0) is 39.0 Å². The van der Waals surface area contributed by atoms with Crippen molar-refractivity contribution in [1.29, 1.82) is 0 Å². The van der Waals surface area contributed by atoms with Crippen LogP contribution in [-0.2, 0) is 4.74 Å². The zero-order valence-corrected chi connectivity index (χ0v) is 18.0. The van der Waals surface area contributed by atoms with Gasteiger partial charge in [-0.3, -0.25) is 4.40 Å². The van der Waals surface area contributed by atoms with E-state index in [9.17, 15) is 9.18 Å². The lowest BCUT2D eigenvalue weighted by atomic mass is 10.2. The fraction of sp³-hybridized carbons (Fsp3) is 0.409. The van der Waals surface area contributed by atoms with Gasteiger partial charge in [0.05, 0.1) is 37.3 Å². The number of aromatic nitrogens is 3. The Morgan fingerprint density at radius 2 is 2.06 bits per heavy atom. The number of carbonyl (C=O) groups excluding carboxylic acids is 1. The summed E-state index contributed by atoms with van der Waals surface area (Å²) in [7, 11) is 1.61. The summed E-state index contributed by atoms with van der Waals surface area (Å²) in [6.07, 6.45) is 1.87. The Balaban J connectivity index is 1.50. The van der Waals surface area contributed by atoms with E-state index in [1.54, 1.807) is 40.1 Å². The van der Waals surface area contributed by atoms with Gasteiger partial charge >= 0.3 is 6.09 Å². The fourth-order valence-electron chi connectivity index (χ4n) is 3.50. The monoisotopic (exact) mass is 427 g/mol. The SMILES string of the molecule is COc1ccn2c(-c3cccc(N[C@H]4CN(C(=O)OC(C)(C)C)C[C@@H]4F)n3)cnc2c1. The molecule has 1 aliphatic rings. The largest absolute Gasteiger partial charge is 0.497 e. The van der Waals surface area contributed by atoms with Gasteiger partial charge in [0.1, 0.15) is 29.0 Å². The topological polar surface area (TPSA) is 81.0 Å². The van der Waals surface area contributed by atoms with Gasteiger partial charge in [0.25, 0.3) is 0 Å². The van der Waals surface area contributed by atoms with E-state index in [-0.39, 0.29) is 13.1 Å². The quantitative estimate of drug-likeness (QED) is 0.683. The zero-order valence-electron chi connectivity index (χ0n) is 18.0. The third-order valence-corrected chi connectivity index (χ3v) is 4.97. The van der Waals surface area contributed by atoms with Crippen molar-refractivity contribution < 1.29 is 18.7 Å². The minimum atomic E-state index is -1.22. The second-order valence-corrected chi connectivity index (χ2v) is 8.50. The highest BCUT2D eigenvalue weighted by Crippen LogP contribution is 2.25. The molecule has 0 unspecified atom stereocenters. The lowest BCUT2D eigenvalue weighted by Crippen LogP contribution is -2.36. The summed E-state index contributed by atoms with van der Waals surface area (Å²) < 4.78 is 27.1. The third-order valence-electron chi connectivity index (χ3n) is 4.97. The number of amides is 1. The van der Waals surface area contributed by atoms with Gasteiger partial charge in [0.2, 0.25) is 0 Å². The van der Waals surface area contributed by atoms with Gasteiger partial charge in [-0.1, -0.05) is 6.07 Å². The van der Waals surface area contributed by atoms with Gasteiger partial charge in [-0.2, -0.15) is 0 Å². The summed E-state index contributed by atoms with van der Waals surface area (Å²) in [6, 6.07) is 8.61. The van der Waals surface area contributed by atoms with Crippen LogP contribution in [0.15, 0.2) is 42.7 Å². The maximum atomic E-state index is 14.6. The van der Waals surface area contributed by atoms with Crippen molar-refractivity contribution >= 4 is 17.6 Å². The molecule has 1 fully saturated rings. The molecule has 1 N–H and O–H groups in total. The number of carbonyl (C=O) groups is 1. The Morgan fingerprint density at radius 3 is 2.81 bits per heavy atom. The average Bonchev–Trinajstić information content (AvgIpc) is 3.30. The Hall–Kier alpha value is -3.36. The van der Waals surface area contributed by atoms with Crippen LogP contribution in [0.25, 0.3) is 17.0 Å². The molecule has 3 aromatic heterocycles. The van der Waals surface area contributed by atoms with Crippen molar-refractivity contribution in [1.82, 2.24) is 19.3 Å². The van der Waals surface area contributed by atoms with Gasteiger partial charge in [0, 0.05) is 18.8 Å². The molecule has 0 aromatic carbocycles. The van der Waals surface area contributed by atoms with Crippen molar-refractivity contribution in [3.63, 3.8) is 0 Å². The highest BCUT2D eigenvalue weighted by molar-refractivity contribution is 5.69. The van der Waals surface area contributed by atoms with E-state index in [1.807, 2.05) is 34.9 Å². The van der Waals surface area contributed by atoms with E-state index in [4.69, 9.17) is 9.47 Å². The van der Waals surface area contributed by atoms with Crippen LogP contribution in [0.2, 0.25) is 0 Å². The highest BCUT2D eigenvalue weighted by Gasteiger charge is 2.37. The van der Waals surface area contributed by atoms with E-state index in [1.165, 1.54) is 4.90 Å². The van der Waals surface area contributed by atoms with Gasteiger partial charge in [-0.25, -0.2) is 19.2 Å². The number of hydrogen-bond acceptors (Lipinski definition) is 6. The molecular formula is C22H26FN5O3. The number of pyridine rings is 2. The number of alkyl halides is 1. The van der Waals surface area contributed by atoms with E-state index in [2.05, 4.69) is 15.3 Å². The third kappa shape index (κ3) is 4.55. The highest BCUT2D eigenvalue weighted by atomic mass is 19.1. The maximum Gasteiger partial charge on any atom is 0.410 e. The summed E-state index contributed by atoms with van der Waals surface area (Å²) in [4.78, 5) is 22.7. The van der Waals surface area contributed by atoms with Crippen LogP contribution in [0.4, 0.5) is 15.0 Å². The molecule has 1 aliphatic heterocycles. The zero-order chi connectivity index (χ0) is 22.2. The average molecular weight is 427 g/mol. The Kier molecular flexibility index (Phi) is 5.43. The van der Waals surface area contributed by atoms with Crippen LogP contribution in [0.3, 0.4) is 0 Å². The van der Waals surface area contributed by atoms with Crippen molar-refractivity contribution in [2.75, 3.05) is 25.5 Å². The fourth-order valence-corrected chi connectivity index (χ4v) is 3.50. The van der Waals surface area contributed by atoms with Crippen LogP contribution < -0.4 is 10.1 Å². The molecule has 0 spiro atoms. The van der Waals surface area contributed by atoms with Crippen LogP contribution in [0, 0.1) is 0 Å². The number of halogens is 1. The van der Waals surface area contributed by atoms with E-state index >= 15 is 0 Å².